The topological polar surface area (TPSA) is 70.4 Å². The molecule has 0 saturated carbocycles. The summed E-state index contributed by atoms with van der Waals surface area (Å²) in [6.45, 7) is 5.82. The summed E-state index contributed by atoms with van der Waals surface area (Å²) in [5.41, 5.74) is 0.202. The zero-order valence-electron chi connectivity index (χ0n) is 16.0. The molecule has 2 saturated heterocycles. The first-order valence-corrected chi connectivity index (χ1v) is 10.7. The maximum absolute atomic E-state index is 9.16. The molecule has 6 nitrogen and oxygen atoms in total. The predicted molar refractivity (Wildman–Crippen MR) is 106 cm³/mol. The molecule has 0 atom stereocenters. The molecular formula is C20H27N5OS. The Morgan fingerprint density at radius 1 is 1.07 bits per heavy atom. The van der Waals surface area contributed by atoms with Crippen LogP contribution >= 0.6 is 11.8 Å². The van der Waals surface area contributed by atoms with Gasteiger partial charge in [0.25, 0.3) is 0 Å². The van der Waals surface area contributed by atoms with Crippen molar-refractivity contribution in [3.63, 3.8) is 0 Å². The summed E-state index contributed by atoms with van der Waals surface area (Å²) in [7, 11) is 1.93. The van der Waals surface area contributed by atoms with Gasteiger partial charge in [-0.25, -0.2) is 0 Å². The highest BCUT2D eigenvalue weighted by Gasteiger charge is 2.25. The van der Waals surface area contributed by atoms with Gasteiger partial charge in [0.15, 0.2) is 5.57 Å². The van der Waals surface area contributed by atoms with Crippen molar-refractivity contribution in [2.45, 2.75) is 31.6 Å². The van der Waals surface area contributed by atoms with E-state index in [0.29, 0.717) is 0 Å². The number of hydrogen-bond donors (Lipinski definition) is 0. The lowest BCUT2D eigenvalue weighted by atomic mass is 10.1. The number of hydrogen-bond acceptors (Lipinski definition) is 7. The molecule has 2 aliphatic rings. The lowest BCUT2D eigenvalue weighted by molar-refractivity contribution is 0.204. The zero-order valence-corrected chi connectivity index (χ0v) is 16.8. The lowest BCUT2D eigenvalue weighted by Gasteiger charge is -2.25. The minimum Gasteiger partial charge on any atom is -0.464 e. The van der Waals surface area contributed by atoms with Crippen LogP contribution in [0.3, 0.4) is 0 Å². The first-order chi connectivity index (χ1) is 13.2. The Morgan fingerprint density at radius 2 is 1.81 bits per heavy atom. The summed E-state index contributed by atoms with van der Waals surface area (Å²) < 4.78 is 5.99. The highest BCUT2D eigenvalue weighted by molar-refractivity contribution is 7.98. The Labute approximate surface area is 166 Å². The summed E-state index contributed by atoms with van der Waals surface area (Å²) in [6, 6.07) is 8.22. The van der Waals surface area contributed by atoms with Crippen LogP contribution in [-0.2, 0) is 12.3 Å². The average Bonchev–Trinajstić information content (AvgIpc) is 3.28. The van der Waals surface area contributed by atoms with E-state index in [9.17, 15) is 0 Å². The molecule has 27 heavy (non-hydrogen) atoms. The lowest BCUT2D eigenvalue weighted by Crippen LogP contribution is -2.28. The number of likely N-dealkylation sites (N-methyl/N-ethyl adjacent to an activating group) is 1. The minimum absolute atomic E-state index is 0.202. The van der Waals surface area contributed by atoms with Crippen LogP contribution in [0.5, 0.6) is 0 Å². The van der Waals surface area contributed by atoms with Crippen LogP contribution in [0.4, 0.5) is 0 Å². The largest absolute Gasteiger partial charge is 0.464 e. The molecular weight excluding hydrogens is 358 g/mol. The first kappa shape index (κ1) is 19.7. The normalized spacial score (nSPS) is 17.8. The fourth-order valence-corrected chi connectivity index (χ4v) is 4.54. The molecule has 0 aliphatic carbocycles. The number of nitriles is 2. The maximum Gasteiger partial charge on any atom is 0.169 e. The number of allylic oxidation sites excluding steroid dienone is 1. The van der Waals surface area contributed by atoms with Gasteiger partial charge in [0.1, 0.15) is 29.5 Å². The van der Waals surface area contributed by atoms with Crippen LogP contribution in [0, 0.1) is 22.7 Å². The smallest absolute Gasteiger partial charge is 0.169 e. The fraction of sp³-hybridized carbons (Fsp3) is 0.600. The van der Waals surface area contributed by atoms with Crippen molar-refractivity contribution >= 4 is 11.8 Å². The Morgan fingerprint density at radius 3 is 2.56 bits per heavy atom. The second-order valence-electron chi connectivity index (χ2n) is 7.09. The highest BCUT2D eigenvalue weighted by atomic mass is 32.2. The van der Waals surface area contributed by atoms with Crippen molar-refractivity contribution < 1.29 is 4.42 Å². The second-order valence-corrected chi connectivity index (χ2v) is 8.19. The van der Waals surface area contributed by atoms with Gasteiger partial charge in [-0.1, -0.05) is 6.42 Å². The van der Waals surface area contributed by atoms with Crippen molar-refractivity contribution in [3.05, 3.63) is 35.0 Å². The van der Waals surface area contributed by atoms with Crippen LogP contribution in [0.25, 0.3) is 0 Å². The number of nitrogens with zero attached hydrogens (tertiary/aromatic N) is 5. The SMILES string of the molecule is CN1CCN(CCSCc2ccc(CN3CCCCC3)o2)C1=C(C#N)C#N. The summed E-state index contributed by atoms with van der Waals surface area (Å²) in [5, 5.41) is 18.3. The van der Waals surface area contributed by atoms with Crippen LogP contribution in [0.1, 0.15) is 30.8 Å². The van der Waals surface area contributed by atoms with E-state index < -0.39 is 0 Å². The number of rotatable bonds is 7. The third kappa shape index (κ3) is 5.22. The van der Waals surface area contributed by atoms with E-state index in [1.807, 2.05) is 35.8 Å². The molecule has 144 valence electrons. The zero-order chi connectivity index (χ0) is 19.1. The highest BCUT2D eigenvalue weighted by Crippen LogP contribution is 2.22. The van der Waals surface area contributed by atoms with Crippen LogP contribution in [0.2, 0.25) is 0 Å². The van der Waals surface area contributed by atoms with E-state index in [2.05, 4.69) is 21.9 Å². The van der Waals surface area contributed by atoms with Gasteiger partial charge in [-0.15, -0.1) is 0 Å². The summed E-state index contributed by atoms with van der Waals surface area (Å²) in [4.78, 5) is 6.60. The molecule has 3 heterocycles. The fourth-order valence-electron chi connectivity index (χ4n) is 3.69. The summed E-state index contributed by atoms with van der Waals surface area (Å²) in [5.74, 6) is 4.64. The molecule has 0 radical (unpaired) electrons. The van der Waals surface area contributed by atoms with Gasteiger partial charge in [-0.3, -0.25) is 4.90 Å². The van der Waals surface area contributed by atoms with E-state index in [4.69, 9.17) is 14.9 Å². The van der Waals surface area contributed by atoms with E-state index >= 15 is 0 Å². The summed E-state index contributed by atoms with van der Waals surface area (Å²) in [6.07, 6.45) is 3.94. The third-order valence-electron chi connectivity index (χ3n) is 5.11. The van der Waals surface area contributed by atoms with Crippen molar-refractivity contribution in [2.24, 2.45) is 0 Å². The van der Waals surface area contributed by atoms with Gasteiger partial charge >= 0.3 is 0 Å². The monoisotopic (exact) mass is 385 g/mol. The van der Waals surface area contributed by atoms with Crippen molar-refractivity contribution in [3.8, 4) is 12.1 Å². The Bertz CT molecular complexity index is 722. The van der Waals surface area contributed by atoms with Gasteiger partial charge in [-0.05, 0) is 38.1 Å². The molecule has 0 aromatic carbocycles. The van der Waals surface area contributed by atoms with E-state index in [1.54, 1.807) is 0 Å². The van der Waals surface area contributed by atoms with Gasteiger partial charge in [-0.2, -0.15) is 22.3 Å². The molecule has 3 rings (SSSR count). The third-order valence-corrected chi connectivity index (χ3v) is 6.07. The molecule has 0 N–H and O–H groups in total. The number of furan rings is 1. The molecule has 1 aromatic heterocycles. The van der Waals surface area contributed by atoms with Crippen LogP contribution < -0.4 is 0 Å². The van der Waals surface area contributed by atoms with Gasteiger partial charge in [0.05, 0.1) is 12.3 Å². The number of likely N-dealkylation sites (tertiary alicyclic amines) is 1. The van der Waals surface area contributed by atoms with E-state index in [-0.39, 0.29) is 5.57 Å². The van der Waals surface area contributed by atoms with Crippen LogP contribution in [-0.4, -0.2) is 60.2 Å². The van der Waals surface area contributed by atoms with Crippen LogP contribution in [0.15, 0.2) is 27.9 Å². The summed E-state index contributed by atoms with van der Waals surface area (Å²) >= 11 is 1.83. The van der Waals surface area contributed by atoms with Crippen molar-refractivity contribution in [1.82, 2.24) is 14.7 Å². The Balaban J connectivity index is 1.43. The van der Waals surface area contributed by atoms with Crippen molar-refractivity contribution in [2.75, 3.05) is 45.5 Å². The molecule has 1 aromatic rings. The van der Waals surface area contributed by atoms with E-state index in [1.165, 1.54) is 32.4 Å². The Kier molecular flexibility index (Phi) is 7.09. The molecule has 0 amide bonds. The quantitative estimate of drug-likeness (QED) is 0.528. The maximum atomic E-state index is 9.16. The molecule has 7 heteroatoms. The van der Waals surface area contributed by atoms with Gasteiger partial charge < -0.3 is 14.2 Å². The number of thioether (sulfide) groups is 1. The first-order valence-electron chi connectivity index (χ1n) is 9.59. The van der Waals surface area contributed by atoms with E-state index in [0.717, 1.165) is 55.0 Å². The molecule has 0 unspecified atom stereocenters. The number of piperidine rings is 1. The minimum atomic E-state index is 0.202. The second kappa shape index (κ2) is 9.73. The molecule has 0 bridgehead atoms. The Hall–Kier alpha value is -2.09. The standard InChI is InChI=1S/C20H27N5OS/c1-23-9-10-25(20(23)17(13-21)14-22)11-12-27-16-19-6-5-18(26-19)15-24-7-3-2-4-8-24/h5-6H,2-4,7-12,15-16H2,1H3. The van der Waals surface area contributed by atoms with Gasteiger partial charge in [0, 0.05) is 32.4 Å². The van der Waals surface area contributed by atoms with Crippen molar-refractivity contribution in [1.29, 1.82) is 10.5 Å². The molecule has 0 spiro atoms. The average molecular weight is 386 g/mol. The molecule has 2 aliphatic heterocycles. The predicted octanol–water partition coefficient (Wildman–Crippen LogP) is 3.00. The molecule has 2 fully saturated rings. The van der Waals surface area contributed by atoms with Gasteiger partial charge in [0.2, 0.25) is 0 Å².